The van der Waals surface area contributed by atoms with Crippen molar-refractivity contribution in [3.63, 3.8) is 0 Å². The zero-order chi connectivity index (χ0) is 17.0. The Kier molecular flexibility index (Phi) is 4.90. The minimum atomic E-state index is -0.184. The molecular formula is C19H23NO4. The van der Waals surface area contributed by atoms with Crippen molar-refractivity contribution in [2.24, 2.45) is 5.41 Å². The van der Waals surface area contributed by atoms with Crippen molar-refractivity contribution in [1.82, 2.24) is 5.32 Å². The highest BCUT2D eigenvalue weighted by molar-refractivity contribution is 5.99. The fourth-order valence-corrected chi connectivity index (χ4v) is 3.32. The van der Waals surface area contributed by atoms with Gasteiger partial charge in [-0.1, -0.05) is 25.5 Å². The van der Waals surface area contributed by atoms with Crippen LogP contribution in [0.5, 0.6) is 5.75 Å². The largest absolute Gasteiger partial charge is 0.489 e. The molecule has 0 saturated heterocycles. The molecule has 5 heteroatoms. The van der Waals surface area contributed by atoms with E-state index in [-0.39, 0.29) is 17.9 Å². The summed E-state index contributed by atoms with van der Waals surface area (Å²) in [7, 11) is 0. The summed E-state index contributed by atoms with van der Waals surface area (Å²) < 4.78 is 11.1. The third kappa shape index (κ3) is 3.31. The first kappa shape index (κ1) is 16.6. The average molecular weight is 329 g/mol. The molecule has 0 atom stereocenters. The Labute approximate surface area is 141 Å². The van der Waals surface area contributed by atoms with Gasteiger partial charge in [0.15, 0.2) is 0 Å². The first-order valence-electron chi connectivity index (χ1n) is 8.31. The first-order valence-corrected chi connectivity index (χ1v) is 8.31. The van der Waals surface area contributed by atoms with Crippen LogP contribution in [0.4, 0.5) is 0 Å². The Balaban J connectivity index is 1.77. The molecule has 24 heavy (non-hydrogen) atoms. The smallest absolute Gasteiger partial charge is 0.251 e. The molecule has 1 amide bonds. The number of benzene rings is 1. The van der Waals surface area contributed by atoms with Gasteiger partial charge in [0.1, 0.15) is 17.9 Å². The van der Waals surface area contributed by atoms with Crippen LogP contribution in [0.3, 0.4) is 0 Å². The van der Waals surface area contributed by atoms with E-state index in [1.165, 1.54) is 0 Å². The van der Waals surface area contributed by atoms with Gasteiger partial charge in [-0.2, -0.15) is 0 Å². The molecule has 0 spiro atoms. The Morgan fingerprint density at radius 3 is 2.92 bits per heavy atom. The summed E-state index contributed by atoms with van der Waals surface area (Å²) in [5.41, 5.74) is 0.925. The molecule has 1 fully saturated rings. The van der Waals surface area contributed by atoms with Crippen LogP contribution in [0.1, 0.15) is 36.0 Å². The second-order valence-electron chi connectivity index (χ2n) is 6.45. The molecule has 1 saturated carbocycles. The summed E-state index contributed by atoms with van der Waals surface area (Å²) in [5, 5.41) is 13.4. The molecule has 3 rings (SSSR count). The number of carbonyl (C=O) groups is 1. The van der Waals surface area contributed by atoms with Gasteiger partial charge < -0.3 is 19.6 Å². The lowest BCUT2D eigenvalue weighted by atomic mass is 9.87. The van der Waals surface area contributed by atoms with E-state index < -0.39 is 0 Å². The number of hydrogen-bond acceptors (Lipinski definition) is 4. The number of carbonyl (C=O) groups excluding carboxylic acids is 1. The van der Waals surface area contributed by atoms with Gasteiger partial charge in [-0.3, -0.25) is 4.79 Å². The number of rotatable bonds is 7. The lowest BCUT2D eigenvalue weighted by Gasteiger charge is -2.26. The number of nitrogens with one attached hydrogen (secondary N) is 1. The fraction of sp³-hybridized carbons (Fsp3) is 0.421. The molecule has 1 aliphatic rings. The van der Waals surface area contributed by atoms with Gasteiger partial charge in [0.05, 0.1) is 18.3 Å². The van der Waals surface area contributed by atoms with E-state index in [0.717, 1.165) is 31.1 Å². The minimum Gasteiger partial charge on any atom is -0.489 e. The first-order chi connectivity index (χ1) is 11.7. The molecule has 1 aliphatic carbocycles. The van der Waals surface area contributed by atoms with E-state index in [1.54, 1.807) is 24.5 Å². The van der Waals surface area contributed by atoms with Crippen LogP contribution in [-0.4, -0.2) is 30.8 Å². The van der Waals surface area contributed by atoms with Crippen molar-refractivity contribution in [2.75, 3.05) is 19.8 Å². The summed E-state index contributed by atoms with van der Waals surface area (Å²) in [6.45, 7) is 4.60. The van der Waals surface area contributed by atoms with E-state index in [0.29, 0.717) is 30.0 Å². The highest BCUT2D eigenvalue weighted by atomic mass is 16.5. The second kappa shape index (κ2) is 7.09. The predicted molar refractivity (Wildman–Crippen MR) is 92.2 cm³/mol. The van der Waals surface area contributed by atoms with E-state index in [2.05, 4.69) is 11.9 Å². The van der Waals surface area contributed by atoms with Crippen LogP contribution in [0.15, 0.2) is 41.5 Å². The maximum Gasteiger partial charge on any atom is 0.251 e. The summed E-state index contributed by atoms with van der Waals surface area (Å²) in [6, 6.07) is 5.25. The highest BCUT2D eigenvalue weighted by Gasteiger charge is 2.33. The molecular weight excluding hydrogens is 306 g/mol. The SMILES string of the molecule is C=CCOc1cc(C(=O)NCC2(CO)CCCC2)cc2occc12. The third-order valence-corrected chi connectivity index (χ3v) is 4.78. The van der Waals surface area contributed by atoms with Crippen LogP contribution in [0, 0.1) is 5.41 Å². The summed E-state index contributed by atoms with van der Waals surface area (Å²) >= 11 is 0. The van der Waals surface area contributed by atoms with Crippen molar-refractivity contribution in [3.05, 3.63) is 42.7 Å². The zero-order valence-corrected chi connectivity index (χ0v) is 13.7. The van der Waals surface area contributed by atoms with Crippen LogP contribution in [-0.2, 0) is 0 Å². The number of aliphatic hydroxyl groups is 1. The minimum absolute atomic E-state index is 0.109. The molecule has 0 radical (unpaired) electrons. The van der Waals surface area contributed by atoms with Crippen molar-refractivity contribution >= 4 is 16.9 Å². The molecule has 128 valence electrons. The summed E-state index contributed by atoms with van der Waals surface area (Å²) in [5.74, 6) is 0.417. The predicted octanol–water partition coefficient (Wildman–Crippen LogP) is 3.28. The number of hydrogen-bond donors (Lipinski definition) is 2. The Morgan fingerprint density at radius 1 is 1.42 bits per heavy atom. The standard InChI is InChI=1S/C19H23NO4/c1-2-8-23-16-10-14(11-17-15(16)5-9-24-17)18(22)20-12-19(13-21)6-3-4-7-19/h2,5,9-11,21H,1,3-4,6-8,12-13H2,(H,20,22). The second-order valence-corrected chi connectivity index (χ2v) is 6.45. The van der Waals surface area contributed by atoms with Gasteiger partial charge >= 0.3 is 0 Å². The lowest BCUT2D eigenvalue weighted by molar-refractivity contribution is 0.0880. The maximum absolute atomic E-state index is 12.5. The average Bonchev–Trinajstić information content (AvgIpc) is 3.27. The van der Waals surface area contributed by atoms with E-state index >= 15 is 0 Å². The Bertz CT molecular complexity index is 728. The number of furan rings is 1. The summed E-state index contributed by atoms with van der Waals surface area (Å²) in [6.07, 6.45) is 7.35. The topological polar surface area (TPSA) is 71.7 Å². The van der Waals surface area contributed by atoms with Crippen LogP contribution >= 0.6 is 0 Å². The van der Waals surface area contributed by atoms with Gasteiger partial charge in [0, 0.05) is 17.5 Å². The Morgan fingerprint density at radius 2 is 2.21 bits per heavy atom. The number of aliphatic hydroxyl groups excluding tert-OH is 1. The van der Waals surface area contributed by atoms with Crippen LogP contribution in [0.25, 0.3) is 11.0 Å². The van der Waals surface area contributed by atoms with Gasteiger partial charge in [0.25, 0.3) is 5.91 Å². The van der Waals surface area contributed by atoms with E-state index in [1.807, 2.05) is 6.07 Å². The molecule has 0 unspecified atom stereocenters. The monoisotopic (exact) mass is 329 g/mol. The van der Waals surface area contributed by atoms with Crippen molar-refractivity contribution in [2.45, 2.75) is 25.7 Å². The van der Waals surface area contributed by atoms with Crippen LogP contribution < -0.4 is 10.1 Å². The normalized spacial score (nSPS) is 16.2. The number of ether oxygens (including phenoxy) is 1. The van der Waals surface area contributed by atoms with E-state index in [4.69, 9.17) is 9.15 Å². The molecule has 0 aliphatic heterocycles. The maximum atomic E-state index is 12.5. The molecule has 1 aromatic heterocycles. The Hall–Kier alpha value is -2.27. The zero-order valence-electron chi connectivity index (χ0n) is 13.7. The van der Waals surface area contributed by atoms with Gasteiger partial charge in [-0.25, -0.2) is 0 Å². The molecule has 2 N–H and O–H groups in total. The molecule has 5 nitrogen and oxygen atoms in total. The lowest BCUT2D eigenvalue weighted by Crippen LogP contribution is -2.38. The fourth-order valence-electron chi connectivity index (χ4n) is 3.32. The number of fused-ring (bicyclic) bond motifs is 1. The van der Waals surface area contributed by atoms with Crippen molar-refractivity contribution < 1.29 is 19.1 Å². The molecule has 0 bridgehead atoms. The molecule has 2 aromatic rings. The number of amides is 1. The third-order valence-electron chi connectivity index (χ3n) is 4.78. The van der Waals surface area contributed by atoms with Crippen molar-refractivity contribution in [3.8, 4) is 5.75 Å². The van der Waals surface area contributed by atoms with Gasteiger partial charge in [-0.15, -0.1) is 0 Å². The molecule has 1 aromatic carbocycles. The van der Waals surface area contributed by atoms with Gasteiger partial charge in [0.2, 0.25) is 0 Å². The summed E-state index contributed by atoms with van der Waals surface area (Å²) in [4.78, 5) is 12.5. The van der Waals surface area contributed by atoms with Gasteiger partial charge in [-0.05, 0) is 31.0 Å². The molecule has 1 heterocycles. The van der Waals surface area contributed by atoms with E-state index in [9.17, 15) is 9.90 Å². The van der Waals surface area contributed by atoms with Crippen molar-refractivity contribution in [1.29, 1.82) is 0 Å². The quantitative estimate of drug-likeness (QED) is 0.765. The van der Waals surface area contributed by atoms with Crippen LogP contribution in [0.2, 0.25) is 0 Å². The highest BCUT2D eigenvalue weighted by Crippen LogP contribution is 2.37.